The summed E-state index contributed by atoms with van der Waals surface area (Å²) in [6.45, 7) is 2.28. The first kappa shape index (κ1) is 29.2. The van der Waals surface area contributed by atoms with Crippen LogP contribution in [0.3, 0.4) is 0 Å². The van der Waals surface area contributed by atoms with Crippen molar-refractivity contribution in [1.82, 2.24) is 0 Å². The third-order valence-corrected chi connectivity index (χ3v) is 0.167. The Balaban J connectivity index is -0.0000000171. The van der Waals surface area contributed by atoms with E-state index in [9.17, 15) is 0 Å². The number of rotatable bonds is 1. The van der Waals surface area contributed by atoms with Crippen molar-refractivity contribution in [2.45, 2.75) is 6.92 Å². The molecule has 7 heteroatoms. The van der Waals surface area contributed by atoms with Gasteiger partial charge in [0.1, 0.15) is 0 Å². The molecule has 0 aliphatic rings. The van der Waals surface area contributed by atoms with E-state index in [4.69, 9.17) is 21.4 Å². The van der Waals surface area contributed by atoms with Gasteiger partial charge in [-0.15, -0.1) is 0 Å². The molecule has 0 bridgehead atoms. The maximum absolute atomic E-state index is 9.00. The van der Waals surface area contributed by atoms with E-state index in [2.05, 4.69) is 0 Å². The van der Waals surface area contributed by atoms with Gasteiger partial charge in [-0.05, 0) is 0 Å². The Morgan fingerprint density at radius 3 is 1.27 bits per heavy atom. The molecule has 3 radical (unpaired) electrons. The smallest absolute Gasteiger partial charge is 0.300 e. The van der Waals surface area contributed by atoms with Crippen molar-refractivity contribution in [3.8, 4) is 0 Å². The maximum atomic E-state index is 9.00. The minimum Gasteiger partial charge on any atom is -0.481 e. The molecule has 0 aromatic heterocycles. The molecule has 5 N–H and O–H groups in total. The molecule has 0 aromatic rings. The standard InChI is InChI=1S/C2H8N2.C2H4O2.3Na/c3-1-2-4;1-2(3)4;;;/h1-4H2;1H3,(H,3,4);;;. The first-order valence-electron chi connectivity index (χ1n) is 2.24. The molecule has 0 aliphatic carbocycles. The van der Waals surface area contributed by atoms with Crippen LogP contribution in [-0.4, -0.2) is 113 Å². The summed E-state index contributed by atoms with van der Waals surface area (Å²) in [4.78, 5) is 9.00. The molecule has 0 aromatic carbocycles. The Hall–Kier alpha value is 2.39. The van der Waals surface area contributed by atoms with E-state index in [1.54, 1.807) is 0 Å². The van der Waals surface area contributed by atoms with Gasteiger partial charge in [0.25, 0.3) is 5.97 Å². The zero-order valence-corrected chi connectivity index (χ0v) is 13.9. The Bertz CT molecular complexity index is 59.3. The summed E-state index contributed by atoms with van der Waals surface area (Å²) >= 11 is 0. The number of carboxylic acid groups (broad SMARTS) is 1. The van der Waals surface area contributed by atoms with Gasteiger partial charge in [-0.25, -0.2) is 0 Å². The summed E-state index contributed by atoms with van der Waals surface area (Å²) in [7, 11) is 0. The first-order chi connectivity index (χ1) is 3.65. The van der Waals surface area contributed by atoms with Crippen molar-refractivity contribution in [2.75, 3.05) is 13.1 Å². The molecule has 4 nitrogen and oxygen atoms in total. The van der Waals surface area contributed by atoms with E-state index in [0.29, 0.717) is 13.1 Å². The largest absolute Gasteiger partial charge is 0.481 e. The van der Waals surface area contributed by atoms with Crippen LogP contribution >= 0.6 is 0 Å². The topological polar surface area (TPSA) is 89.3 Å². The van der Waals surface area contributed by atoms with Gasteiger partial charge in [0, 0.05) is 109 Å². The van der Waals surface area contributed by atoms with Gasteiger partial charge < -0.3 is 16.6 Å². The van der Waals surface area contributed by atoms with Crippen molar-refractivity contribution in [1.29, 1.82) is 0 Å². The molecule has 53 valence electrons. The normalized spacial score (nSPS) is 5.00. The Kier molecular flexibility index (Phi) is 78.1. The average molecular weight is 189 g/mol. The number of nitrogens with two attached hydrogens (primary N) is 2. The van der Waals surface area contributed by atoms with Crippen molar-refractivity contribution in [3.05, 3.63) is 0 Å². The third-order valence-electron chi connectivity index (χ3n) is 0.167. The predicted octanol–water partition coefficient (Wildman–Crippen LogP) is -2.15. The number of carboxylic acids is 1. The third kappa shape index (κ3) is 116. The minimum atomic E-state index is -0.833. The van der Waals surface area contributed by atoms with Gasteiger partial charge in [-0.1, -0.05) is 0 Å². The van der Waals surface area contributed by atoms with Gasteiger partial charge in [0.05, 0.1) is 0 Å². The molecular weight excluding hydrogens is 177 g/mol. The number of carbonyl (C=O) groups is 1. The molecule has 0 aliphatic heterocycles. The summed E-state index contributed by atoms with van der Waals surface area (Å²) in [6, 6.07) is 0. The summed E-state index contributed by atoms with van der Waals surface area (Å²) in [6.07, 6.45) is 0. The molecule has 0 heterocycles. The van der Waals surface area contributed by atoms with E-state index < -0.39 is 5.97 Å². The second-order valence-electron chi connectivity index (χ2n) is 1.10. The Morgan fingerprint density at radius 2 is 1.27 bits per heavy atom. The number of hydrogen-bond acceptors (Lipinski definition) is 3. The molecule has 0 rings (SSSR count). The Labute approximate surface area is 134 Å². The van der Waals surface area contributed by atoms with Crippen molar-refractivity contribution >= 4 is 94.6 Å². The zero-order chi connectivity index (χ0) is 6.99. The monoisotopic (exact) mass is 189 g/mol. The van der Waals surface area contributed by atoms with Crippen molar-refractivity contribution in [2.24, 2.45) is 11.5 Å². The average Bonchev–Trinajstić information content (AvgIpc) is 1.65. The fraction of sp³-hybridized carbons (Fsp3) is 0.750. The maximum Gasteiger partial charge on any atom is 0.300 e. The van der Waals surface area contributed by atoms with Crippen LogP contribution in [0, 0.1) is 0 Å². The van der Waals surface area contributed by atoms with Gasteiger partial charge in [0.15, 0.2) is 0 Å². The van der Waals surface area contributed by atoms with Crippen LogP contribution in [0.4, 0.5) is 0 Å². The minimum absolute atomic E-state index is 0. The molecule has 0 unspecified atom stereocenters. The van der Waals surface area contributed by atoms with Gasteiger partial charge in [-0.3, -0.25) is 4.79 Å². The van der Waals surface area contributed by atoms with E-state index in [0.717, 1.165) is 6.92 Å². The molecule has 11 heavy (non-hydrogen) atoms. The van der Waals surface area contributed by atoms with E-state index in [1.807, 2.05) is 0 Å². The summed E-state index contributed by atoms with van der Waals surface area (Å²) in [5.41, 5.74) is 9.81. The Morgan fingerprint density at radius 1 is 1.18 bits per heavy atom. The zero-order valence-electron chi connectivity index (χ0n) is 7.92. The van der Waals surface area contributed by atoms with Crippen LogP contribution in [0.25, 0.3) is 0 Å². The van der Waals surface area contributed by atoms with Crippen LogP contribution in [0.1, 0.15) is 6.92 Å². The fourth-order valence-corrected chi connectivity index (χ4v) is 0. The van der Waals surface area contributed by atoms with Crippen LogP contribution in [0.2, 0.25) is 0 Å². The molecule has 0 amide bonds. The number of hydrogen-bond donors (Lipinski definition) is 3. The molecule has 0 atom stereocenters. The van der Waals surface area contributed by atoms with Crippen LogP contribution in [-0.2, 0) is 4.79 Å². The van der Waals surface area contributed by atoms with E-state index in [1.165, 1.54) is 0 Å². The van der Waals surface area contributed by atoms with Crippen LogP contribution < -0.4 is 11.5 Å². The SMILES string of the molecule is CC(=O)O.NCCN.[Na].[Na].[Na]. The first-order valence-corrected chi connectivity index (χ1v) is 2.24. The van der Waals surface area contributed by atoms with Gasteiger partial charge in [0.2, 0.25) is 0 Å². The predicted molar refractivity (Wildman–Crippen MR) is 48.7 cm³/mol. The quantitative estimate of drug-likeness (QED) is 0.410. The fourth-order valence-electron chi connectivity index (χ4n) is 0. The second-order valence-corrected chi connectivity index (χ2v) is 1.10. The van der Waals surface area contributed by atoms with Crippen LogP contribution in [0.5, 0.6) is 0 Å². The molecule has 0 fully saturated rings. The summed E-state index contributed by atoms with van der Waals surface area (Å²) < 4.78 is 0. The van der Waals surface area contributed by atoms with Crippen molar-refractivity contribution in [3.63, 3.8) is 0 Å². The molecule has 0 saturated heterocycles. The second kappa shape index (κ2) is 29.4. The molecular formula is C4H12N2Na3O2. The molecule has 0 spiro atoms. The summed E-state index contributed by atoms with van der Waals surface area (Å²) in [5.74, 6) is -0.833. The van der Waals surface area contributed by atoms with E-state index >= 15 is 0 Å². The van der Waals surface area contributed by atoms with Crippen molar-refractivity contribution < 1.29 is 9.90 Å². The van der Waals surface area contributed by atoms with Gasteiger partial charge >= 0.3 is 0 Å². The summed E-state index contributed by atoms with van der Waals surface area (Å²) in [5, 5.41) is 7.42. The number of aliphatic carboxylic acids is 1. The van der Waals surface area contributed by atoms with Crippen LogP contribution in [0.15, 0.2) is 0 Å². The van der Waals surface area contributed by atoms with E-state index in [-0.39, 0.29) is 88.7 Å². The molecule has 0 saturated carbocycles. The van der Waals surface area contributed by atoms with Gasteiger partial charge in [-0.2, -0.15) is 0 Å².